The van der Waals surface area contributed by atoms with E-state index in [1.165, 1.54) is 5.56 Å². The third-order valence-corrected chi connectivity index (χ3v) is 4.07. The fourth-order valence-corrected chi connectivity index (χ4v) is 2.56. The van der Waals surface area contributed by atoms with Crippen molar-refractivity contribution in [2.24, 2.45) is 5.73 Å². The first-order valence-electron chi connectivity index (χ1n) is 7.12. The zero-order valence-corrected chi connectivity index (χ0v) is 12.6. The van der Waals surface area contributed by atoms with Gasteiger partial charge >= 0.3 is 0 Å². The minimum atomic E-state index is 0.0507. The molecule has 1 aromatic rings. The molecule has 0 aliphatic rings. The molecule has 0 saturated heterocycles. The largest absolute Gasteiger partial charge is 0.385 e. The van der Waals surface area contributed by atoms with E-state index in [-0.39, 0.29) is 5.54 Å². The molecule has 0 saturated carbocycles. The topological polar surface area (TPSA) is 38.5 Å². The molecule has 3 heteroatoms. The van der Waals surface area contributed by atoms with Gasteiger partial charge in [-0.05, 0) is 31.9 Å². The van der Waals surface area contributed by atoms with Gasteiger partial charge in [-0.25, -0.2) is 0 Å². The predicted octanol–water partition coefficient (Wildman–Crippen LogP) is 2.30. The number of hydrogen-bond acceptors (Lipinski definition) is 3. The summed E-state index contributed by atoms with van der Waals surface area (Å²) in [7, 11) is 3.93. The highest BCUT2D eigenvalue weighted by atomic mass is 16.5. The molecule has 1 aromatic carbocycles. The molecule has 0 aromatic heterocycles. The second-order valence-electron chi connectivity index (χ2n) is 5.21. The lowest BCUT2D eigenvalue weighted by Crippen LogP contribution is -2.53. The van der Waals surface area contributed by atoms with Crippen molar-refractivity contribution in [1.29, 1.82) is 0 Å². The van der Waals surface area contributed by atoms with E-state index in [1.54, 1.807) is 7.11 Å². The van der Waals surface area contributed by atoms with Gasteiger partial charge in [-0.1, -0.05) is 37.3 Å². The van der Waals surface area contributed by atoms with Crippen LogP contribution < -0.4 is 5.73 Å². The van der Waals surface area contributed by atoms with Crippen molar-refractivity contribution in [3.63, 3.8) is 0 Å². The third-order valence-electron chi connectivity index (χ3n) is 4.07. The summed E-state index contributed by atoms with van der Waals surface area (Å²) < 4.78 is 5.13. The van der Waals surface area contributed by atoms with Crippen molar-refractivity contribution in [1.82, 2.24) is 4.90 Å². The lowest BCUT2D eigenvalue weighted by atomic mass is 9.86. The van der Waals surface area contributed by atoms with Crippen LogP contribution in [0.1, 0.15) is 25.3 Å². The van der Waals surface area contributed by atoms with Gasteiger partial charge in [-0.3, -0.25) is 4.90 Å². The smallest absolute Gasteiger partial charge is 0.0474 e. The highest BCUT2D eigenvalue weighted by Crippen LogP contribution is 2.23. The van der Waals surface area contributed by atoms with Gasteiger partial charge in [0.05, 0.1) is 0 Å². The second-order valence-corrected chi connectivity index (χ2v) is 5.21. The maximum absolute atomic E-state index is 6.10. The molecular formula is C16H28N2O. The first-order valence-corrected chi connectivity index (χ1v) is 7.12. The zero-order valence-electron chi connectivity index (χ0n) is 12.6. The minimum absolute atomic E-state index is 0.0507. The van der Waals surface area contributed by atoms with Gasteiger partial charge in [0.2, 0.25) is 0 Å². The molecule has 0 fully saturated rings. The van der Waals surface area contributed by atoms with E-state index in [2.05, 4.69) is 49.2 Å². The average Bonchev–Trinajstić information content (AvgIpc) is 2.46. The van der Waals surface area contributed by atoms with Crippen LogP contribution in [0, 0.1) is 0 Å². The first-order chi connectivity index (χ1) is 9.18. The number of methoxy groups -OCH3 is 1. The molecule has 1 rings (SSSR count). The maximum Gasteiger partial charge on any atom is 0.0474 e. The van der Waals surface area contributed by atoms with Crippen LogP contribution in [-0.4, -0.2) is 44.3 Å². The number of nitrogens with two attached hydrogens (primary N) is 1. The Hall–Kier alpha value is -0.900. The molecule has 108 valence electrons. The van der Waals surface area contributed by atoms with Crippen molar-refractivity contribution < 1.29 is 4.74 Å². The third kappa shape index (κ3) is 4.60. The first kappa shape index (κ1) is 16.2. The fourth-order valence-electron chi connectivity index (χ4n) is 2.56. The standard InChI is InChI=1S/C16H28N2O/c1-4-16(14-17,18(2)11-8-12-19-3)13-15-9-6-5-7-10-15/h5-7,9-10H,4,8,11-14,17H2,1-3H3. The van der Waals surface area contributed by atoms with E-state index in [1.807, 2.05) is 0 Å². The fraction of sp³-hybridized carbons (Fsp3) is 0.625. The second kappa shape index (κ2) is 8.31. The highest BCUT2D eigenvalue weighted by molar-refractivity contribution is 5.18. The van der Waals surface area contributed by atoms with Crippen LogP contribution in [0.3, 0.4) is 0 Å². The van der Waals surface area contributed by atoms with Gasteiger partial charge in [0.25, 0.3) is 0 Å². The molecule has 1 unspecified atom stereocenters. The lowest BCUT2D eigenvalue weighted by Gasteiger charge is -2.41. The summed E-state index contributed by atoms with van der Waals surface area (Å²) in [5.41, 5.74) is 7.50. The summed E-state index contributed by atoms with van der Waals surface area (Å²) in [6.07, 6.45) is 3.11. The monoisotopic (exact) mass is 264 g/mol. The molecule has 19 heavy (non-hydrogen) atoms. The number of nitrogens with zero attached hydrogens (tertiary/aromatic N) is 1. The molecule has 2 N–H and O–H groups in total. The van der Waals surface area contributed by atoms with Crippen LogP contribution in [0.15, 0.2) is 30.3 Å². The van der Waals surface area contributed by atoms with E-state index in [0.717, 1.165) is 32.4 Å². The summed E-state index contributed by atoms with van der Waals surface area (Å²) in [6.45, 7) is 4.73. The molecular weight excluding hydrogens is 236 g/mol. The van der Waals surface area contributed by atoms with Gasteiger partial charge in [-0.2, -0.15) is 0 Å². The quantitative estimate of drug-likeness (QED) is 0.696. The van der Waals surface area contributed by atoms with Gasteiger partial charge in [0, 0.05) is 32.3 Å². The Kier molecular flexibility index (Phi) is 7.06. The predicted molar refractivity (Wildman–Crippen MR) is 81.3 cm³/mol. The van der Waals surface area contributed by atoms with Crippen molar-refractivity contribution in [3.05, 3.63) is 35.9 Å². The maximum atomic E-state index is 6.10. The number of ether oxygens (including phenoxy) is 1. The number of hydrogen-bond donors (Lipinski definition) is 1. The Bertz CT molecular complexity index is 336. The van der Waals surface area contributed by atoms with Crippen LogP contribution in [-0.2, 0) is 11.2 Å². The SMILES string of the molecule is CCC(CN)(Cc1ccccc1)N(C)CCCOC. The summed E-state index contributed by atoms with van der Waals surface area (Å²) >= 11 is 0. The van der Waals surface area contributed by atoms with Gasteiger partial charge in [0.15, 0.2) is 0 Å². The normalized spacial score (nSPS) is 14.6. The molecule has 0 radical (unpaired) electrons. The van der Waals surface area contributed by atoms with Crippen LogP contribution >= 0.6 is 0 Å². The Morgan fingerprint density at radius 3 is 2.47 bits per heavy atom. The van der Waals surface area contributed by atoms with E-state index in [9.17, 15) is 0 Å². The summed E-state index contributed by atoms with van der Waals surface area (Å²) in [5, 5.41) is 0. The van der Waals surface area contributed by atoms with E-state index in [4.69, 9.17) is 10.5 Å². The van der Waals surface area contributed by atoms with E-state index >= 15 is 0 Å². The summed E-state index contributed by atoms with van der Waals surface area (Å²) in [4.78, 5) is 2.40. The van der Waals surface area contributed by atoms with Gasteiger partial charge in [-0.15, -0.1) is 0 Å². The molecule has 0 bridgehead atoms. The Morgan fingerprint density at radius 1 is 1.26 bits per heavy atom. The Labute approximate surface area is 117 Å². The van der Waals surface area contributed by atoms with E-state index < -0.39 is 0 Å². The molecule has 3 nitrogen and oxygen atoms in total. The highest BCUT2D eigenvalue weighted by Gasteiger charge is 2.31. The van der Waals surface area contributed by atoms with Crippen molar-refractivity contribution in [3.8, 4) is 0 Å². The van der Waals surface area contributed by atoms with Crippen LogP contribution in [0.5, 0.6) is 0 Å². The average molecular weight is 264 g/mol. The molecule has 0 aliphatic carbocycles. The van der Waals surface area contributed by atoms with Gasteiger partial charge in [0.1, 0.15) is 0 Å². The van der Waals surface area contributed by atoms with Crippen molar-refractivity contribution in [2.75, 3.05) is 33.9 Å². The van der Waals surface area contributed by atoms with Crippen LogP contribution in [0.2, 0.25) is 0 Å². The zero-order chi connectivity index (χ0) is 14.1. The number of likely N-dealkylation sites (N-methyl/N-ethyl adjacent to an activating group) is 1. The van der Waals surface area contributed by atoms with Crippen LogP contribution in [0.25, 0.3) is 0 Å². The van der Waals surface area contributed by atoms with E-state index in [0.29, 0.717) is 6.54 Å². The van der Waals surface area contributed by atoms with Crippen molar-refractivity contribution >= 4 is 0 Å². The Balaban J connectivity index is 2.72. The molecule has 0 spiro atoms. The van der Waals surface area contributed by atoms with Crippen molar-refractivity contribution in [2.45, 2.75) is 31.7 Å². The summed E-state index contributed by atoms with van der Waals surface area (Å²) in [6, 6.07) is 10.6. The number of benzene rings is 1. The molecule has 0 amide bonds. The molecule has 0 aliphatic heterocycles. The van der Waals surface area contributed by atoms with Crippen LogP contribution in [0.4, 0.5) is 0 Å². The summed E-state index contributed by atoms with van der Waals surface area (Å²) in [5.74, 6) is 0. The number of rotatable bonds is 9. The molecule has 1 atom stereocenters. The molecule has 0 heterocycles. The minimum Gasteiger partial charge on any atom is -0.385 e. The lowest BCUT2D eigenvalue weighted by molar-refractivity contribution is 0.102. The Morgan fingerprint density at radius 2 is 1.95 bits per heavy atom. The van der Waals surface area contributed by atoms with Gasteiger partial charge < -0.3 is 10.5 Å².